The third kappa shape index (κ3) is 4.98. The zero-order chi connectivity index (χ0) is 24.1. The van der Waals surface area contributed by atoms with E-state index in [9.17, 15) is 10.1 Å². The lowest BCUT2D eigenvalue weighted by Crippen LogP contribution is -2.15. The van der Waals surface area contributed by atoms with Gasteiger partial charge in [0, 0.05) is 11.4 Å². The Bertz CT molecular complexity index is 1210. The molecule has 1 aromatic carbocycles. The van der Waals surface area contributed by atoms with Gasteiger partial charge in [-0.2, -0.15) is 5.26 Å². The van der Waals surface area contributed by atoms with E-state index in [1.54, 1.807) is 11.3 Å². The number of thioether (sulfide) groups is 1. The molecule has 1 atom stereocenters. The van der Waals surface area contributed by atoms with Gasteiger partial charge < -0.3 is 14.6 Å². The molecule has 0 saturated carbocycles. The lowest BCUT2D eigenvalue weighted by molar-refractivity contribution is -0.113. The highest BCUT2D eigenvalue weighted by Crippen LogP contribution is 2.40. The standard InChI is InChI=1S/C25H29N5O2S2/c1-4-16-11-12-17-19(14-26)24(34-21(17)13-16)27-22(31)15-33-25-29-28-23(30(25)5-2)18-9-7-8-10-20(18)32-6-3/h7-10,16H,4-6,11-13,15H2,1-3H3,(H,27,31). The van der Waals surface area contributed by atoms with E-state index >= 15 is 0 Å². The molecule has 0 aliphatic heterocycles. The smallest absolute Gasteiger partial charge is 0.235 e. The third-order valence-corrected chi connectivity index (χ3v) is 8.24. The average Bonchev–Trinajstić information content (AvgIpc) is 3.42. The number of nitrogens with one attached hydrogen (secondary N) is 1. The van der Waals surface area contributed by atoms with E-state index in [0.717, 1.165) is 48.4 Å². The van der Waals surface area contributed by atoms with Gasteiger partial charge in [-0.1, -0.05) is 37.2 Å². The SMILES string of the molecule is CCOc1ccccc1-c1nnc(SCC(=O)Nc2sc3c(c2C#N)CCC(CC)C3)n1CC. The zero-order valence-electron chi connectivity index (χ0n) is 19.8. The van der Waals surface area contributed by atoms with Gasteiger partial charge in [-0.3, -0.25) is 4.79 Å². The number of amides is 1. The van der Waals surface area contributed by atoms with Crippen molar-refractivity contribution in [2.24, 2.45) is 5.92 Å². The highest BCUT2D eigenvalue weighted by molar-refractivity contribution is 7.99. The van der Waals surface area contributed by atoms with E-state index in [4.69, 9.17) is 4.74 Å². The number of anilines is 1. The number of hydrogen-bond donors (Lipinski definition) is 1. The summed E-state index contributed by atoms with van der Waals surface area (Å²) in [6.45, 7) is 7.42. The van der Waals surface area contributed by atoms with Gasteiger partial charge in [0.2, 0.25) is 5.91 Å². The van der Waals surface area contributed by atoms with Gasteiger partial charge >= 0.3 is 0 Å². The molecule has 9 heteroatoms. The zero-order valence-corrected chi connectivity index (χ0v) is 21.4. The maximum absolute atomic E-state index is 12.8. The van der Waals surface area contributed by atoms with Crippen LogP contribution >= 0.6 is 23.1 Å². The summed E-state index contributed by atoms with van der Waals surface area (Å²) in [5.74, 6) is 2.19. The molecule has 0 radical (unpaired) electrons. The molecule has 2 heterocycles. The molecule has 1 aliphatic rings. The molecular formula is C25H29N5O2S2. The van der Waals surface area contributed by atoms with Crippen LogP contribution in [0.25, 0.3) is 11.4 Å². The predicted octanol–water partition coefficient (Wildman–Crippen LogP) is 5.54. The Morgan fingerprint density at radius 3 is 2.88 bits per heavy atom. The molecule has 7 nitrogen and oxygen atoms in total. The van der Waals surface area contributed by atoms with Gasteiger partial charge in [0.25, 0.3) is 0 Å². The molecule has 0 spiro atoms. The van der Waals surface area contributed by atoms with Gasteiger partial charge in [-0.05, 0) is 56.7 Å². The Balaban J connectivity index is 1.47. The predicted molar refractivity (Wildman–Crippen MR) is 136 cm³/mol. The number of thiophene rings is 1. The van der Waals surface area contributed by atoms with E-state index < -0.39 is 0 Å². The molecule has 178 valence electrons. The van der Waals surface area contributed by atoms with Crippen LogP contribution in [0.1, 0.15) is 49.6 Å². The first-order valence-electron chi connectivity index (χ1n) is 11.7. The van der Waals surface area contributed by atoms with E-state index in [1.165, 1.54) is 16.6 Å². The van der Waals surface area contributed by atoms with Crippen molar-refractivity contribution in [2.45, 2.75) is 58.2 Å². The molecule has 0 bridgehead atoms. The summed E-state index contributed by atoms with van der Waals surface area (Å²) in [4.78, 5) is 14.0. The number of rotatable bonds is 9. The average molecular weight is 496 g/mol. The summed E-state index contributed by atoms with van der Waals surface area (Å²) in [7, 11) is 0. The summed E-state index contributed by atoms with van der Waals surface area (Å²) < 4.78 is 7.75. The molecule has 4 rings (SSSR count). The Kier molecular flexibility index (Phi) is 7.91. The van der Waals surface area contributed by atoms with E-state index in [0.29, 0.717) is 34.8 Å². The topological polar surface area (TPSA) is 92.8 Å². The van der Waals surface area contributed by atoms with Crippen LogP contribution in [0, 0.1) is 17.2 Å². The lowest BCUT2D eigenvalue weighted by Gasteiger charge is -2.20. The molecule has 34 heavy (non-hydrogen) atoms. The van der Waals surface area contributed by atoms with Crippen LogP contribution in [0.3, 0.4) is 0 Å². The molecule has 1 N–H and O–H groups in total. The van der Waals surface area contributed by atoms with Crippen molar-refractivity contribution < 1.29 is 9.53 Å². The Labute approximate surface area is 208 Å². The summed E-state index contributed by atoms with van der Waals surface area (Å²) >= 11 is 2.90. The number of fused-ring (bicyclic) bond motifs is 1. The Morgan fingerprint density at radius 2 is 2.15 bits per heavy atom. The largest absolute Gasteiger partial charge is 0.493 e. The second kappa shape index (κ2) is 11.1. The molecule has 2 aromatic heterocycles. The number of benzene rings is 1. The summed E-state index contributed by atoms with van der Waals surface area (Å²) in [6.07, 6.45) is 4.18. The van der Waals surface area contributed by atoms with E-state index in [1.807, 2.05) is 42.7 Å². The first kappa shape index (κ1) is 24.3. The van der Waals surface area contributed by atoms with Gasteiger partial charge in [-0.25, -0.2) is 0 Å². The first-order valence-corrected chi connectivity index (χ1v) is 13.5. The summed E-state index contributed by atoms with van der Waals surface area (Å²) in [5, 5.41) is 22.8. The van der Waals surface area contributed by atoms with Crippen molar-refractivity contribution in [3.05, 3.63) is 40.3 Å². The molecule has 0 saturated heterocycles. The quantitative estimate of drug-likeness (QED) is 0.392. The van der Waals surface area contributed by atoms with Gasteiger partial charge in [0.15, 0.2) is 11.0 Å². The fraction of sp³-hybridized carbons (Fsp3) is 0.440. The molecular weight excluding hydrogens is 466 g/mol. The second-order valence-corrected chi connectivity index (χ2v) is 10.2. The molecule has 0 fully saturated rings. The minimum Gasteiger partial charge on any atom is -0.493 e. The second-order valence-electron chi connectivity index (χ2n) is 8.15. The third-order valence-electron chi connectivity index (χ3n) is 6.10. The lowest BCUT2D eigenvalue weighted by atomic mass is 9.86. The minimum atomic E-state index is -0.144. The maximum Gasteiger partial charge on any atom is 0.235 e. The van der Waals surface area contributed by atoms with Crippen LogP contribution in [-0.4, -0.2) is 33.0 Å². The van der Waals surface area contributed by atoms with Crippen LogP contribution in [-0.2, 0) is 24.2 Å². The Morgan fingerprint density at radius 1 is 1.32 bits per heavy atom. The van der Waals surface area contributed by atoms with Crippen molar-refractivity contribution in [2.75, 3.05) is 17.7 Å². The number of aromatic nitrogens is 3. The molecule has 1 amide bonds. The van der Waals surface area contributed by atoms with Gasteiger partial charge in [-0.15, -0.1) is 21.5 Å². The number of ether oxygens (including phenoxy) is 1. The van der Waals surface area contributed by atoms with E-state index in [-0.39, 0.29) is 11.7 Å². The van der Waals surface area contributed by atoms with Gasteiger partial charge in [0.1, 0.15) is 16.8 Å². The van der Waals surface area contributed by atoms with E-state index in [2.05, 4.69) is 28.5 Å². The monoisotopic (exact) mass is 495 g/mol. The van der Waals surface area contributed by atoms with Gasteiger partial charge in [0.05, 0.1) is 23.5 Å². The number of carbonyl (C=O) groups excluding carboxylic acids is 1. The molecule has 3 aromatic rings. The number of hydrogen-bond acceptors (Lipinski definition) is 7. The maximum atomic E-state index is 12.8. The van der Waals surface area contributed by atoms with Crippen LogP contribution in [0.4, 0.5) is 5.00 Å². The fourth-order valence-corrected chi connectivity index (χ4v) is 6.45. The van der Waals surface area contributed by atoms with Crippen LogP contribution < -0.4 is 10.1 Å². The summed E-state index contributed by atoms with van der Waals surface area (Å²) in [6, 6.07) is 10.1. The fourth-order valence-electron chi connectivity index (χ4n) is 4.31. The molecule has 1 unspecified atom stereocenters. The Hall–Kier alpha value is -2.83. The van der Waals surface area contributed by atoms with Crippen molar-refractivity contribution >= 4 is 34.0 Å². The number of para-hydroxylation sites is 1. The van der Waals surface area contributed by atoms with Crippen LogP contribution in [0.2, 0.25) is 0 Å². The number of nitrogens with zero attached hydrogens (tertiary/aromatic N) is 4. The highest BCUT2D eigenvalue weighted by Gasteiger charge is 2.26. The van der Waals surface area contributed by atoms with Crippen molar-refractivity contribution in [1.29, 1.82) is 5.26 Å². The minimum absolute atomic E-state index is 0.144. The van der Waals surface area contributed by atoms with Crippen molar-refractivity contribution in [3.63, 3.8) is 0 Å². The van der Waals surface area contributed by atoms with Crippen molar-refractivity contribution in [1.82, 2.24) is 14.8 Å². The van der Waals surface area contributed by atoms with Crippen molar-refractivity contribution in [3.8, 4) is 23.2 Å². The number of nitriles is 1. The summed E-state index contributed by atoms with van der Waals surface area (Å²) in [5.41, 5.74) is 2.64. The van der Waals surface area contributed by atoms with Crippen LogP contribution in [0.15, 0.2) is 29.4 Å². The van der Waals surface area contributed by atoms with Crippen LogP contribution in [0.5, 0.6) is 5.75 Å². The highest BCUT2D eigenvalue weighted by atomic mass is 32.2. The normalized spacial score (nSPS) is 14.9. The molecule has 1 aliphatic carbocycles. The number of carbonyl (C=O) groups is 1. The first-order chi connectivity index (χ1) is 16.6.